The van der Waals surface area contributed by atoms with Gasteiger partial charge in [-0.3, -0.25) is 4.90 Å². The maximum atomic E-state index is 14.2. The Morgan fingerprint density at radius 2 is 2.20 bits per heavy atom. The van der Waals surface area contributed by atoms with Crippen molar-refractivity contribution in [2.75, 3.05) is 13.1 Å². The SMILES string of the molecule is CCC1CCCCCN1C(CN)c1cc(Br)ccc1F. The molecule has 0 aromatic heterocycles. The van der Waals surface area contributed by atoms with Crippen molar-refractivity contribution in [1.29, 1.82) is 0 Å². The molecule has 20 heavy (non-hydrogen) atoms. The fraction of sp³-hybridized carbons (Fsp3) is 0.625. The zero-order chi connectivity index (χ0) is 14.5. The van der Waals surface area contributed by atoms with E-state index >= 15 is 0 Å². The van der Waals surface area contributed by atoms with E-state index in [0.717, 1.165) is 23.0 Å². The maximum Gasteiger partial charge on any atom is 0.128 e. The summed E-state index contributed by atoms with van der Waals surface area (Å²) in [5, 5.41) is 0. The molecule has 4 heteroatoms. The van der Waals surface area contributed by atoms with Crippen LogP contribution in [0, 0.1) is 5.82 Å². The molecule has 0 spiro atoms. The van der Waals surface area contributed by atoms with Crippen molar-refractivity contribution in [1.82, 2.24) is 4.90 Å². The van der Waals surface area contributed by atoms with Gasteiger partial charge in [0.15, 0.2) is 0 Å². The van der Waals surface area contributed by atoms with Crippen molar-refractivity contribution in [2.45, 2.75) is 51.1 Å². The van der Waals surface area contributed by atoms with Crippen molar-refractivity contribution in [3.63, 3.8) is 0 Å². The Balaban J connectivity index is 2.31. The quantitative estimate of drug-likeness (QED) is 0.886. The number of nitrogens with two attached hydrogens (primary N) is 1. The van der Waals surface area contributed by atoms with Crippen LogP contribution in [0.5, 0.6) is 0 Å². The molecule has 1 heterocycles. The second kappa shape index (κ2) is 7.53. The molecule has 2 nitrogen and oxygen atoms in total. The second-order valence-electron chi connectivity index (χ2n) is 5.57. The van der Waals surface area contributed by atoms with Gasteiger partial charge in [-0.05, 0) is 44.0 Å². The lowest BCUT2D eigenvalue weighted by Gasteiger charge is -2.36. The molecule has 1 aromatic rings. The van der Waals surface area contributed by atoms with Crippen LogP contribution in [0.1, 0.15) is 50.6 Å². The molecule has 0 saturated carbocycles. The predicted octanol–water partition coefficient (Wildman–Crippen LogP) is 4.24. The molecule has 0 amide bonds. The highest BCUT2D eigenvalue weighted by Crippen LogP contribution is 2.31. The third-order valence-electron chi connectivity index (χ3n) is 4.33. The molecular weight excluding hydrogens is 319 g/mol. The molecular formula is C16H24BrFN2. The van der Waals surface area contributed by atoms with Crippen LogP contribution in [0.25, 0.3) is 0 Å². The highest BCUT2D eigenvalue weighted by Gasteiger charge is 2.28. The summed E-state index contributed by atoms with van der Waals surface area (Å²) < 4.78 is 15.1. The lowest BCUT2D eigenvalue weighted by molar-refractivity contribution is 0.133. The smallest absolute Gasteiger partial charge is 0.128 e. The van der Waals surface area contributed by atoms with Gasteiger partial charge in [-0.15, -0.1) is 0 Å². The van der Waals surface area contributed by atoms with Gasteiger partial charge in [0, 0.05) is 22.6 Å². The Morgan fingerprint density at radius 3 is 2.90 bits per heavy atom. The molecule has 1 aromatic carbocycles. The lowest BCUT2D eigenvalue weighted by Crippen LogP contribution is -2.41. The Morgan fingerprint density at radius 1 is 1.40 bits per heavy atom. The molecule has 1 fully saturated rings. The third-order valence-corrected chi connectivity index (χ3v) is 4.83. The molecule has 0 bridgehead atoms. The molecule has 1 aliphatic heterocycles. The van der Waals surface area contributed by atoms with Gasteiger partial charge >= 0.3 is 0 Å². The zero-order valence-electron chi connectivity index (χ0n) is 12.1. The molecule has 0 aliphatic carbocycles. The van der Waals surface area contributed by atoms with Gasteiger partial charge in [-0.1, -0.05) is 35.7 Å². The number of benzene rings is 1. The maximum absolute atomic E-state index is 14.2. The predicted molar refractivity (Wildman–Crippen MR) is 85.1 cm³/mol. The molecule has 1 saturated heterocycles. The summed E-state index contributed by atoms with van der Waals surface area (Å²) in [6.07, 6.45) is 6.02. The average Bonchev–Trinajstić information content (AvgIpc) is 2.69. The monoisotopic (exact) mass is 342 g/mol. The van der Waals surface area contributed by atoms with Crippen molar-refractivity contribution < 1.29 is 4.39 Å². The topological polar surface area (TPSA) is 29.3 Å². The number of halogens is 2. The largest absolute Gasteiger partial charge is 0.329 e. The summed E-state index contributed by atoms with van der Waals surface area (Å²) in [5.41, 5.74) is 6.72. The molecule has 2 rings (SSSR count). The van der Waals surface area contributed by atoms with Gasteiger partial charge in [0.05, 0.1) is 6.04 Å². The molecule has 2 N–H and O–H groups in total. The second-order valence-corrected chi connectivity index (χ2v) is 6.48. The first-order chi connectivity index (χ1) is 9.67. The Hall–Kier alpha value is -0.450. The molecule has 112 valence electrons. The van der Waals surface area contributed by atoms with Crippen LogP contribution >= 0.6 is 15.9 Å². The number of hydrogen-bond donors (Lipinski definition) is 1. The summed E-state index contributed by atoms with van der Waals surface area (Å²) in [6.45, 7) is 3.70. The van der Waals surface area contributed by atoms with E-state index in [0.29, 0.717) is 12.6 Å². The Kier molecular flexibility index (Phi) is 6.00. The van der Waals surface area contributed by atoms with Crippen LogP contribution in [0.4, 0.5) is 4.39 Å². The first-order valence-electron chi connectivity index (χ1n) is 7.58. The highest BCUT2D eigenvalue weighted by atomic mass is 79.9. The van der Waals surface area contributed by atoms with Crippen molar-refractivity contribution in [3.05, 3.63) is 34.1 Å². The van der Waals surface area contributed by atoms with Crippen molar-refractivity contribution >= 4 is 15.9 Å². The van der Waals surface area contributed by atoms with Crippen molar-refractivity contribution in [3.8, 4) is 0 Å². The minimum Gasteiger partial charge on any atom is -0.329 e. The van der Waals surface area contributed by atoms with Crippen LogP contribution in [-0.2, 0) is 0 Å². The number of nitrogens with zero attached hydrogens (tertiary/aromatic N) is 1. The highest BCUT2D eigenvalue weighted by molar-refractivity contribution is 9.10. The van der Waals surface area contributed by atoms with Gasteiger partial charge in [-0.25, -0.2) is 4.39 Å². The van der Waals surface area contributed by atoms with Gasteiger partial charge in [-0.2, -0.15) is 0 Å². The van der Waals surface area contributed by atoms with Gasteiger partial charge in [0.2, 0.25) is 0 Å². The normalized spacial score (nSPS) is 22.5. The fourth-order valence-electron chi connectivity index (χ4n) is 3.26. The van der Waals surface area contributed by atoms with E-state index < -0.39 is 0 Å². The summed E-state index contributed by atoms with van der Waals surface area (Å²) >= 11 is 3.44. The number of hydrogen-bond acceptors (Lipinski definition) is 2. The molecule has 2 unspecified atom stereocenters. The summed E-state index contributed by atoms with van der Waals surface area (Å²) in [4.78, 5) is 2.43. The zero-order valence-corrected chi connectivity index (χ0v) is 13.7. The molecule has 1 aliphatic rings. The van der Waals surface area contributed by atoms with Crippen LogP contribution in [0.3, 0.4) is 0 Å². The lowest BCUT2D eigenvalue weighted by atomic mass is 10.00. The van der Waals surface area contributed by atoms with E-state index in [1.165, 1.54) is 31.7 Å². The third kappa shape index (κ3) is 3.60. The van der Waals surface area contributed by atoms with E-state index in [9.17, 15) is 4.39 Å². The minimum absolute atomic E-state index is 0.0180. The van der Waals surface area contributed by atoms with Gasteiger partial charge in [0.1, 0.15) is 5.82 Å². The van der Waals surface area contributed by atoms with E-state index in [2.05, 4.69) is 27.8 Å². The van der Waals surface area contributed by atoms with E-state index in [1.807, 2.05) is 6.07 Å². The van der Waals surface area contributed by atoms with Crippen molar-refractivity contribution in [2.24, 2.45) is 5.73 Å². The van der Waals surface area contributed by atoms with E-state index in [4.69, 9.17) is 5.73 Å². The fourth-order valence-corrected chi connectivity index (χ4v) is 3.64. The van der Waals surface area contributed by atoms with Crippen LogP contribution in [-0.4, -0.2) is 24.0 Å². The van der Waals surface area contributed by atoms with E-state index in [1.54, 1.807) is 6.07 Å². The number of likely N-dealkylation sites (tertiary alicyclic amines) is 1. The number of rotatable bonds is 4. The summed E-state index contributed by atoms with van der Waals surface area (Å²) in [7, 11) is 0. The van der Waals surface area contributed by atoms with Gasteiger partial charge in [0.25, 0.3) is 0 Å². The first kappa shape index (κ1) is 15.9. The molecule has 2 atom stereocenters. The molecule has 0 radical (unpaired) electrons. The standard InChI is InChI=1S/C16H24BrFN2/c1-2-13-6-4-3-5-9-20(13)16(11-19)14-10-12(17)7-8-15(14)18/h7-8,10,13,16H,2-6,9,11,19H2,1H3. The Bertz CT molecular complexity index is 438. The van der Waals surface area contributed by atoms with E-state index in [-0.39, 0.29) is 11.9 Å². The Labute approximate surface area is 129 Å². The summed E-state index contributed by atoms with van der Waals surface area (Å²) in [6, 6.07) is 5.65. The first-order valence-corrected chi connectivity index (χ1v) is 8.37. The average molecular weight is 343 g/mol. The minimum atomic E-state index is -0.150. The summed E-state index contributed by atoms with van der Waals surface area (Å²) in [5.74, 6) is -0.150. The van der Waals surface area contributed by atoms with Crippen LogP contribution in [0.2, 0.25) is 0 Å². The van der Waals surface area contributed by atoms with Gasteiger partial charge < -0.3 is 5.73 Å². The van der Waals surface area contributed by atoms with Crippen LogP contribution < -0.4 is 5.73 Å². The van der Waals surface area contributed by atoms with Crippen LogP contribution in [0.15, 0.2) is 22.7 Å².